The van der Waals surface area contributed by atoms with E-state index in [1.165, 1.54) is 23.2 Å². The molecule has 0 spiro atoms. The van der Waals surface area contributed by atoms with Gasteiger partial charge in [-0.05, 0) is 61.9 Å². The molecule has 40 heavy (non-hydrogen) atoms. The molecule has 3 aliphatic heterocycles. The molecule has 0 saturated carbocycles. The van der Waals surface area contributed by atoms with E-state index in [0.717, 1.165) is 42.1 Å². The van der Waals surface area contributed by atoms with E-state index in [1.807, 2.05) is 26.0 Å². The summed E-state index contributed by atoms with van der Waals surface area (Å²) in [6, 6.07) is 7.46. The molecular formula is C28H35N5O6S. The van der Waals surface area contributed by atoms with Crippen molar-refractivity contribution < 1.29 is 27.5 Å². The van der Waals surface area contributed by atoms with Crippen LogP contribution in [0.25, 0.3) is 0 Å². The van der Waals surface area contributed by atoms with E-state index in [2.05, 4.69) is 10.2 Å². The molecule has 214 valence electrons. The van der Waals surface area contributed by atoms with Crippen molar-refractivity contribution in [3.05, 3.63) is 59.6 Å². The summed E-state index contributed by atoms with van der Waals surface area (Å²) in [6.07, 6.45) is 5.09. The number of nitrogens with zero attached hydrogens (tertiary/aromatic N) is 4. The number of ketones is 1. The molecule has 0 radical (unpaired) electrons. The monoisotopic (exact) mass is 569 g/mol. The maximum atomic E-state index is 13.8. The van der Waals surface area contributed by atoms with Crippen molar-refractivity contribution in [1.29, 1.82) is 0 Å². The summed E-state index contributed by atoms with van der Waals surface area (Å²) in [6.45, 7) is 5.70. The molecule has 5 rings (SSSR count). The van der Waals surface area contributed by atoms with Gasteiger partial charge in [0.05, 0.1) is 12.6 Å². The first kappa shape index (κ1) is 28.0. The minimum Gasteiger partial charge on any atom is -0.619 e. The summed E-state index contributed by atoms with van der Waals surface area (Å²) >= 11 is 0. The standard InChI is InChI=1S/C28H35N5O6S/c1-19(2)16-23(29-27(35)20-7-9-21(10-8-20)30-12-3-4-13-30)28(36)32-15-11-24-26(32)25(34)18-33(24)40(38,39)22-6-5-14-31(37)17-22/h5-10,14,17,19,23-24,26H,3-4,11-13,15-16,18H2,1-2H3,(H,29,35). The molecule has 2 aromatic rings. The van der Waals surface area contributed by atoms with E-state index >= 15 is 0 Å². The Balaban J connectivity index is 1.31. The molecule has 1 N–H and O–H groups in total. The smallest absolute Gasteiger partial charge is 0.251 e. The van der Waals surface area contributed by atoms with E-state index in [-0.39, 0.29) is 42.0 Å². The fraction of sp³-hybridized carbons (Fsp3) is 0.500. The highest BCUT2D eigenvalue weighted by Crippen LogP contribution is 2.34. The summed E-state index contributed by atoms with van der Waals surface area (Å²) in [5.41, 5.74) is 1.50. The number of likely N-dealkylation sites (tertiary alicyclic amines) is 1. The predicted octanol–water partition coefficient (Wildman–Crippen LogP) is 1.31. The van der Waals surface area contributed by atoms with Crippen LogP contribution in [-0.4, -0.2) is 79.5 Å². The number of aromatic nitrogens is 1. The van der Waals surface area contributed by atoms with Crippen LogP contribution in [0.3, 0.4) is 0 Å². The number of sulfonamides is 1. The topological polar surface area (TPSA) is 134 Å². The van der Waals surface area contributed by atoms with Gasteiger partial charge in [-0.1, -0.05) is 13.8 Å². The van der Waals surface area contributed by atoms with Gasteiger partial charge in [0.2, 0.25) is 15.9 Å². The van der Waals surface area contributed by atoms with Crippen molar-refractivity contribution in [1.82, 2.24) is 14.5 Å². The molecule has 0 aliphatic carbocycles. The summed E-state index contributed by atoms with van der Waals surface area (Å²) in [7, 11) is -4.12. The van der Waals surface area contributed by atoms with Gasteiger partial charge in [0.25, 0.3) is 5.91 Å². The van der Waals surface area contributed by atoms with E-state index in [9.17, 15) is 28.0 Å². The fourth-order valence-electron chi connectivity index (χ4n) is 6.00. The highest BCUT2D eigenvalue weighted by atomic mass is 32.2. The number of carbonyl (C=O) groups is 3. The van der Waals surface area contributed by atoms with Crippen LogP contribution < -0.4 is 14.9 Å². The van der Waals surface area contributed by atoms with Crippen LogP contribution in [0.1, 0.15) is 49.9 Å². The zero-order valence-electron chi connectivity index (χ0n) is 22.7. The highest BCUT2D eigenvalue weighted by molar-refractivity contribution is 7.89. The van der Waals surface area contributed by atoms with E-state index in [4.69, 9.17) is 0 Å². The number of anilines is 1. The van der Waals surface area contributed by atoms with Crippen molar-refractivity contribution in [2.45, 2.75) is 62.6 Å². The zero-order chi connectivity index (χ0) is 28.6. The number of nitrogens with one attached hydrogen (secondary N) is 1. The van der Waals surface area contributed by atoms with Gasteiger partial charge in [0.15, 0.2) is 18.2 Å². The Morgan fingerprint density at radius 1 is 1.10 bits per heavy atom. The Kier molecular flexibility index (Phi) is 7.83. The minimum absolute atomic E-state index is 0.0817. The maximum Gasteiger partial charge on any atom is 0.251 e. The maximum absolute atomic E-state index is 13.8. The van der Waals surface area contributed by atoms with Crippen LogP contribution in [-0.2, 0) is 19.6 Å². The molecule has 3 saturated heterocycles. The van der Waals surface area contributed by atoms with Gasteiger partial charge in [-0.3, -0.25) is 14.4 Å². The average molecular weight is 570 g/mol. The molecule has 12 heteroatoms. The number of hydrogen-bond donors (Lipinski definition) is 1. The van der Waals surface area contributed by atoms with Gasteiger partial charge in [-0.2, -0.15) is 9.04 Å². The largest absolute Gasteiger partial charge is 0.619 e. The number of amides is 2. The first-order valence-corrected chi connectivity index (χ1v) is 15.2. The molecule has 1 aromatic heterocycles. The third-order valence-electron chi connectivity index (χ3n) is 7.93. The summed E-state index contributed by atoms with van der Waals surface area (Å²) in [4.78, 5) is 43.5. The number of hydrogen-bond acceptors (Lipinski definition) is 7. The molecule has 2 amide bonds. The molecule has 11 nitrogen and oxygen atoms in total. The number of benzene rings is 1. The third-order valence-corrected chi connectivity index (χ3v) is 9.78. The van der Waals surface area contributed by atoms with Crippen molar-refractivity contribution >= 4 is 33.3 Å². The van der Waals surface area contributed by atoms with Crippen molar-refractivity contribution in [3.63, 3.8) is 0 Å². The summed E-state index contributed by atoms with van der Waals surface area (Å²) in [5.74, 6) is -1.07. The lowest BCUT2D eigenvalue weighted by Gasteiger charge is -2.29. The first-order chi connectivity index (χ1) is 19.1. The lowest BCUT2D eigenvalue weighted by atomic mass is 10.0. The molecule has 0 bridgehead atoms. The van der Waals surface area contributed by atoms with E-state index in [1.54, 1.807) is 12.1 Å². The fourth-order valence-corrected chi connectivity index (χ4v) is 7.63. The second-order valence-electron chi connectivity index (χ2n) is 11.1. The Labute approximate surface area is 234 Å². The lowest BCUT2D eigenvalue weighted by Crippen LogP contribution is -2.53. The highest BCUT2D eigenvalue weighted by Gasteiger charge is 2.54. The second kappa shape index (κ2) is 11.2. The van der Waals surface area contributed by atoms with E-state index in [0.29, 0.717) is 16.7 Å². The average Bonchev–Trinajstić information content (AvgIpc) is 3.67. The van der Waals surface area contributed by atoms with Gasteiger partial charge in [-0.25, -0.2) is 8.42 Å². The molecule has 4 heterocycles. The number of rotatable bonds is 8. The van der Waals surface area contributed by atoms with Gasteiger partial charge < -0.3 is 20.3 Å². The van der Waals surface area contributed by atoms with E-state index < -0.39 is 34.1 Å². The molecule has 3 aliphatic rings. The Morgan fingerprint density at radius 2 is 1.80 bits per heavy atom. The summed E-state index contributed by atoms with van der Waals surface area (Å²) in [5, 5.41) is 14.6. The van der Waals surface area contributed by atoms with Gasteiger partial charge in [0.1, 0.15) is 17.0 Å². The zero-order valence-corrected chi connectivity index (χ0v) is 23.5. The van der Waals surface area contributed by atoms with Crippen molar-refractivity contribution in [2.75, 3.05) is 31.1 Å². The van der Waals surface area contributed by atoms with Gasteiger partial charge in [-0.15, -0.1) is 0 Å². The third kappa shape index (κ3) is 5.42. The van der Waals surface area contributed by atoms with Crippen LogP contribution in [0.5, 0.6) is 0 Å². The van der Waals surface area contributed by atoms with Gasteiger partial charge in [0, 0.05) is 37.0 Å². The van der Waals surface area contributed by atoms with Crippen LogP contribution in [0, 0.1) is 11.1 Å². The SMILES string of the molecule is CC(C)CC(NC(=O)c1ccc(N2CCCC2)cc1)C(=O)N1CCC2C1C(=O)CN2S(=O)(=O)c1ccc[n+]([O-])c1. The van der Waals surface area contributed by atoms with Crippen LogP contribution in [0.2, 0.25) is 0 Å². The predicted molar refractivity (Wildman–Crippen MR) is 147 cm³/mol. The van der Waals surface area contributed by atoms with Crippen molar-refractivity contribution in [3.8, 4) is 0 Å². The number of pyridine rings is 1. The molecular weight excluding hydrogens is 534 g/mol. The number of Topliss-reactive ketones (excluding diaryl/α,β-unsaturated/α-hetero) is 1. The Bertz CT molecular complexity index is 1390. The van der Waals surface area contributed by atoms with Gasteiger partial charge >= 0.3 is 0 Å². The summed E-state index contributed by atoms with van der Waals surface area (Å²) < 4.78 is 28.1. The van der Waals surface area contributed by atoms with Crippen molar-refractivity contribution in [2.24, 2.45) is 5.92 Å². The molecule has 3 atom stereocenters. The second-order valence-corrected chi connectivity index (χ2v) is 13.0. The number of fused-ring (bicyclic) bond motifs is 1. The Morgan fingerprint density at radius 3 is 2.45 bits per heavy atom. The van der Waals surface area contributed by atoms with Crippen LogP contribution >= 0.6 is 0 Å². The van der Waals surface area contributed by atoms with Crippen LogP contribution in [0.4, 0.5) is 5.69 Å². The normalized spacial score (nSPS) is 22.1. The number of carbonyl (C=O) groups excluding carboxylic acids is 3. The first-order valence-electron chi connectivity index (χ1n) is 13.8. The molecule has 3 fully saturated rings. The Hall–Kier alpha value is -3.51. The minimum atomic E-state index is -4.12. The molecule has 1 aromatic carbocycles. The molecule has 3 unspecified atom stereocenters. The quantitative estimate of drug-likeness (QED) is 0.374. The lowest BCUT2D eigenvalue weighted by molar-refractivity contribution is -0.607. The van der Waals surface area contributed by atoms with Crippen LogP contribution in [0.15, 0.2) is 53.7 Å².